The normalized spacial score (nSPS) is 16.4. The van der Waals surface area contributed by atoms with Crippen molar-refractivity contribution < 1.29 is 36.2 Å². The maximum atomic E-state index is 13.8. The van der Waals surface area contributed by atoms with Crippen molar-refractivity contribution in [2.24, 2.45) is 5.41 Å². The maximum Gasteiger partial charge on any atom is 0.411 e. The van der Waals surface area contributed by atoms with Crippen LogP contribution >= 0.6 is 11.6 Å². The van der Waals surface area contributed by atoms with Gasteiger partial charge in [0.15, 0.2) is 5.15 Å². The number of alkyl halides is 3. The quantitative estimate of drug-likeness (QED) is 0.487. The summed E-state index contributed by atoms with van der Waals surface area (Å²) in [6, 6.07) is 5.33. The fourth-order valence-electron chi connectivity index (χ4n) is 4.00. The third-order valence-electron chi connectivity index (χ3n) is 6.19. The van der Waals surface area contributed by atoms with Crippen LogP contribution in [0.25, 0.3) is 0 Å². The molecule has 0 saturated heterocycles. The van der Waals surface area contributed by atoms with E-state index in [1.807, 2.05) is 0 Å². The van der Waals surface area contributed by atoms with E-state index in [1.54, 1.807) is 20.8 Å². The van der Waals surface area contributed by atoms with Gasteiger partial charge in [0.2, 0.25) is 0 Å². The molecule has 0 fully saturated rings. The number of sulfonamides is 1. The monoisotopic (exact) mass is 576 g/mol. The highest BCUT2D eigenvalue weighted by Crippen LogP contribution is 2.44. The third-order valence-corrected chi connectivity index (χ3v) is 8.36. The second kappa shape index (κ2) is 9.85. The topological polar surface area (TPSA) is 132 Å². The number of hydrogen-bond donors (Lipinski definition) is 0. The highest BCUT2D eigenvalue weighted by Gasteiger charge is 2.52. The van der Waals surface area contributed by atoms with Crippen LogP contribution < -0.4 is 19.0 Å². The van der Waals surface area contributed by atoms with E-state index in [0.29, 0.717) is 20.4 Å². The number of aryl methyl sites for hydroxylation is 1. The first-order chi connectivity index (χ1) is 17.4. The number of hydrogen-bond acceptors (Lipinski definition) is 7. The summed E-state index contributed by atoms with van der Waals surface area (Å²) in [6.45, 7) is 6.31. The van der Waals surface area contributed by atoms with Gasteiger partial charge in [0.1, 0.15) is 28.4 Å². The molecule has 208 valence electrons. The van der Waals surface area contributed by atoms with E-state index in [2.05, 4.69) is 11.2 Å². The predicted octanol–water partition coefficient (Wildman–Crippen LogP) is 3.94. The summed E-state index contributed by atoms with van der Waals surface area (Å²) in [4.78, 5) is 11.5. The number of carbonyl (C=O) groups excluding carboxylic acids is 1. The van der Waals surface area contributed by atoms with Gasteiger partial charge in [-0.2, -0.15) is 23.5 Å². The maximum absolute atomic E-state index is 13.8. The van der Waals surface area contributed by atoms with Gasteiger partial charge in [-0.15, -0.1) is 0 Å². The smallest absolute Gasteiger partial charge is 0.411 e. The SMILES string of the molecule is CCn1cc(S(=O)(=O)N2C[C@H](CC(C)(C)C#N)Oc3ccc(N(C(=O)[O-])C(C)(C)C(F)(F)F)cc32)c(Cl)n1. The lowest BCUT2D eigenvalue weighted by Crippen LogP contribution is -2.60. The molecule has 1 aliphatic rings. The minimum absolute atomic E-state index is 0.00501. The number of amides is 1. The Hall–Kier alpha value is -3.18. The summed E-state index contributed by atoms with van der Waals surface area (Å²) in [5.74, 6) is -0.0376. The van der Waals surface area contributed by atoms with Crippen LogP contribution in [0.4, 0.5) is 29.3 Å². The van der Waals surface area contributed by atoms with Crippen molar-refractivity contribution in [3.05, 3.63) is 29.5 Å². The molecule has 0 spiro atoms. The minimum Gasteiger partial charge on any atom is -0.530 e. The molecule has 0 aliphatic carbocycles. The summed E-state index contributed by atoms with van der Waals surface area (Å²) in [5, 5.41) is 25.0. The zero-order chi connectivity index (χ0) is 28.8. The second-order valence-corrected chi connectivity index (χ2v) is 12.1. The number of carbonyl (C=O) groups is 1. The number of fused-ring (bicyclic) bond motifs is 1. The summed E-state index contributed by atoms with van der Waals surface area (Å²) in [6.07, 6.45) is -6.61. The fraction of sp³-hybridized carbons (Fsp3) is 0.522. The molecule has 0 bridgehead atoms. The van der Waals surface area contributed by atoms with Gasteiger partial charge in [-0.1, -0.05) is 11.6 Å². The van der Waals surface area contributed by atoms with Crippen LogP contribution in [-0.4, -0.2) is 48.7 Å². The first-order valence-electron chi connectivity index (χ1n) is 11.4. The zero-order valence-corrected chi connectivity index (χ0v) is 22.8. The molecule has 0 N–H and O–H groups in total. The van der Waals surface area contributed by atoms with Crippen LogP contribution in [0.3, 0.4) is 0 Å². The summed E-state index contributed by atoms with van der Waals surface area (Å²) < 4.78 is 77.0. The molecule has 1 amide bonds. The molecule has 0 saturated carbocycles. The van der Waals surface area contributed by atoms with Crippen molar-refractivity contribution in [3.63, 3.8) is 0 Å². The lowest BCUT2D eigenvalue weighted by molar-refractivity contribution is -0.254. The van der Waals surface area contributed by atoms with Crippen LogP contribution in [0.15, 0.2) is 29.3 Å². The molecule has 2 aromatic rings. The van der Waals surface area contributed by atoms with Crippen LogP contribution in [-0.2, 0) is 16.6 Å². The molecule has 15 heteroatoms. The Balaban J connectivity index is 2.22. The summed E-state index contributed by atoms with van der Waals surface area (Å²) in [7, 11) is -4.47. The van der Waals surface area contributed by atoms with Crippen molar-refractivity contribution in [2.45, 2.75) is 70.3 Å². The van der Waals surface area contributed by atoms with Crippen molar-refractivity contribution >= 4 is 39.1 Å². The number of rotatable bonds is 7. The van der Waals surface area contributed by atoms with Gasteiger partial charge in [0.05, 0.1) is 23.7 Å². The first-order valence-corrected chi connectivity index (χ1v) is 13.2. The predicted molar refractivity (Wildman–Crippen MR) is 130 cm³/mol. The fourth-order valence-corrected chi connectivity index (χ4v) is 5.95. The van der Waals surface area contributed by atoms with Crippen molar-refractivity contribution in [3.8, 4) is 11.8 Å². The van der Waals surface area contributed by atoms with Crippen molar-refractivity contribution in [1.82, 2.24) is 9.78 Å². The van der Waals surface area contributed by atoms with Gasteiger partial charge >= 0.3 is 6.18 Å². The van der Waals surface area contributed by atoms with Gasteiger partial charge in [0, 0.05) is 24.8 Å². The van der Waals surface area contributed by atoms with E-state index >= 15 is 0 Å². The molecule has 0 unspecified atom stereocenters. The van der Waals surface area contributed by atoms with E-state index in [-0.39, 0.29) is 39.4 Å². The molecule has 10 nitrogen and oxygen atoms in total. The molecule has 3 rings (SSSR count). The molecule has 1 aromatic heterocycles. The van der Waals surface area contributed by atoms with Crippen LogP contribution in [0.2, 0.25) is 5.15 Å². The van der Waals surface area contributed by atoms with Crippen molar-refractivity contribution in [1.29, 1.82) is 5.26 Å². The zero-order valence-electron chi connectivity index (χ0n) is 21.2. The van der Waals surface area contributed by atoms with E-state index in [9.17, 15) is 36.8 Å². The number of halogens is 4. The lowest BCUT2D eigenvalue weighted by atomic mass is 9.88. The minimum atomic E-state index is -4.98. The van der Waals surface area contributed by atoms with E-state index in [1.165, 1.54) is 16.9 Å². The molecule has 38 heavy (non-hydrogen) atoms. The average molecular weight is 577 g/mol. The van der Waals surface area contributed by atoms with Crippen LogP contribution in [0.5, 0.6) is 5.75 Å². The summed E-state index contributed by atoms with van der Waals surface area (Å²) >= 11 is 6.12. The number of aromatic nitrogens is 2. The van der Waals surface area contributed by atoms with Gasteiger partial charge in [-0.3, -0.25) is 8.99 Å². The number of nitriles is 1. The first kappa shape index (κ1) is 29.4. The number of carboxylic acid groups (broad SMARTS) is 1. The molecule has 0 radical (unpaired) electrons. The second-order valence-electron chi connectivity index (χ2n) is 9.93. The number of benzene rings is 1. The lowest BCUT2D eigenvalue weighted by Gasteiger charge is -2.42. The molecule has 1 aliphatic heterocycles. The number of anilines is 2. The van der Waals surface area contributed by atoms with Crippen molar-refractivity contribution in [2.75, 3.05) is 15.7 Å². The summed E-state index contributed by atoms with van der Waals surface area (Å²) in [5.41, 5.74) is -4.51. The van der Waals surface area contributed by atoms with Gasteiger partial charge in [-0.05, 0) is 52.8 Å². The van der Waals surface area contributed by atoms with Gasteiger partial charge in [-0.25, -0.2) is 8.42 Å². The Kier molecular flexibility index (Phi) is 7.61. The molecular formula is C23H26ClF3N5O5S-. The average Bonchev–Trinajstić information content (AvgIpc) is 3.19. The standard InChI is InChI=1S/C23H27ClF3N5O5S/c1-6-30-12-18(19(24)29-30)38(35,36)31-11-15(10-21(2,3)13-28)37-17-8-7-14(9-16(17)31)32(20(33)34)22(4,5)23(25,26)27/h7-9,12,15H,6,10-11H2,1-5H3,(H,33,34)/p-1/t15-/m0/s1. The molecular weight excluding hydrogens is 551 g/mol. The van der Waals surface area contributed by atoms with Crippen LogP contribution in [0, 0.1) is 16.7 Å². The largest absolute Gasteiger partial charge is 0.530 e. The van der Waals surface area contributed by atoms with E-state index in [4.69, 9.17) is 16.3 Å². The van der Waals surface area contributed by atoms with E-state index < -0.39 is 45.0 Å². The third kappa shape index (κ3) is 5.35. The molecule has 1 aromatic carbocycles. The Labute approximate surface area is 223 Å². The Morgan fingerprint density at radius 1 is 1.32 bits per heavy atom. The van der Waals surface area contributed by atoms with Gasteiger partial charge < -0.3 is 19.5 Å². The Morgan fingerprint density at radius 3 is 2.45 bits per heavy atom. The number of ether oxygens (including phenoxy) is 1. The highest BCUT2D eigenvalue weighted by atomic mass is 35.5. The van der Waals surface area contributed by atoms with Gasteiger partial charge in [0.25, 0.3) is 10.0 Å². The van der Waals surface area contributed by atoms with E-state index in [0.717, 1.165) is 16.4 Å². The number of nitrogens with zero attached hydrogens (tertiary/aromatic N) is 5. The highest BCUT2D eigenvalue weighted by molar-refractivity contribution is 7.93. The molecule has 2 heterocycles. The molecule has 1 atom stereocenters. The Bertz CT molecular complexity index is 1380. The van der Waals surface area contributed by atoms with Crippen LogP contribution in [0.1, 0.15) is 41.0 Å². The Morgan fingerprint density at radius 2 is 1.95 bits per heavy atom.